The van der Waals surface area contributed by atoms with E-state index in [-0.39, 0.29) is 5.91 Å². The average molecular weight is 388 g/mol. The minimum Gasteiger partial charge on any atom is -0.388 e. The minimum absolute atomic E-state index is 0.133. The minimum atomic E-state index is -0.776. The van der Waals surface area contributed by atoms with E-state index in [1.807, 2.05) is 50.3 Å². The molecule has 0 atom stereocenters. The van der Waals surface area contributed by atoms with E-state index >= 15 is 0 Å². The molecule has 0 radical (unpaired) electrons. The van der Waals surface area contributed by atoms with Crippen LogP contribution in [0.5, 0.6) is 0 Å². The summed E-state index contributed by atoms with van der Waals surface area (Å²) in [6.45, 7) is 6.62. The van der Waals surface area contributed by atoms with Gasteiger partial charge in [-0.05, 0) is 38.2 Å². The summed E-state index contributed by atoms with van der Waals surface area (Å²) in [5, 5.41) is 13.3. The Kier molecular flexibility index (Phi) is 17.3. The molecule has 0 saturated carbocycles. The maximum atomic E-state index is 11.9. The molecule has 28 heavy (non-hydrogen) atoms. The summed E-state index contributed by atoms with van der Waals surface area (Å²) in [4.78, 5) is 11.9. The summed E-state index contributed by atoms with van der Waals surface area (Å²) < 4.78 is 0. The monoisotopic (exact) mass is 387 g/mol. The first-order valence-electron chi connectivity index (χ1n) is 10.9. The van der Waals surface area contributed by atoms with Crippen LogP contribution < -0.4 is 5.32 Å². The molecular weight excluding hydrogens is 346 g/mol. The van der Waals surface area contributed by atoms with E-state index in [1.165, 1.54) is 12.8 Å². The van der Waals surface area contributed by atoms with Crippen LogP contribution in [0.25, 0.3) is 0 Å². The summed E-state index contributed by atoms with van der Waals surface area (Å²) in [6, 6.07) is 0. The first-order chi connectivity index (χ1) is 13.6. The number of amides is 1. The third-order valence-corrected chi connectivity index (χ3v) is 4.34. The highest BCUT2D eigenvalue weighted by atomic mass is 16.3. The van der Waals surface area contributed by atoms with Crippen LogP contribution in [0.3, 0.4) is 0 Å². The molecule has 0 unspecified atom stereocenters. The number of hydrogen-bond acceptors (Lipinski definition) is 2. The highest BCUT2D eigenvalue weighted by Crippen LogP contribution is 2.18. The number of rotatable bonds is 16. The topological polar surface area (TPSA) is 49.3 Å². The number of carbonyl (C=O) groups excluding carboxylic acids is 1. The van der Waals surface area contributed by atoms with Crippen molar-refractivity contribution < 1.29 is 9.90 Å². The van der Waals surface area contributed by atoms with Gasteiger partial charge in [0, 0.05) is 6.54 Å². The van der Waals surface area contributed by atoms with Gasteiger partial charge >= 0.3 is 0 Å². The quantitative estimate of drug-likeness (QED) is 0.189. The van der Waals surface area contributed by atoms with Gasteiger partial charge in [0.2, 0.25) is 5.91 Å². The lowest BCUT2D eigenvalue weighted by Gasteiger charge is -2.27. The number of carbonyl (C=O) groups is 1. The van der Waals surface area contributed by atoms with E-state index in [9.17, 15) is 9.90 Å². The van der Waals surface area contributed by atoms with E-state index in [4.69, 9.17) is 0 Å². The van der Waals surface area contributed by atoms with E-state index in [1.54, 1.807) is 6.08 Å². The van der Waals surface area contributed by atoms with Gasteiger partial charge in [0.25, 0.3) is 0 Å². The second-order valence-corrected chi connectivity index (χ2v) is 7.19. The van der Waals surface area contributed by atoms with Gasteiger partial charge in [-0.3, -0.25) is 4.79 Å². The van der Waals surface area contributed by atoms with E-state index in [2.05, 4.69) is 30.5 Å². The molecule has 0 aromatic heterocycles. The first-order valence-corrected chi connectivity index (χ1v) is 10.9. The first kappa shape index (κ1) is 26.1. The zero-order chi connectivity index (χ0) is 20.9. The maximum absolute atomic E-state index is 11.9. The van der Waals surface area contributed by atoms with Crippen molar-refractivity contribution >= 4 is 5.91 Å². The van der Waals surface area contributed by atoms with Gasteiger partial charge in [-0.1, -0.05) is 101 Å². The molecule has 1 amide bonds. The lowest BCUT2D eigenvalue weighted by Crippen LogP contribution is -2.42. The highest BCUT2D eigenvalue weighted by molar-refractivity contribution is 5.87. The number of allylic oxidation sites excluding steroid dienone is 9. The lowest BCUT2D eigenvalue weighted by molar-refractivity contribution is -0.118. The Bertz CT molecular complexity index is 521. The van der Waals surface area contributed by atoms with Crippen LogP contribution in [0.4, 0.5) is 0 Å². The second-order valence-electron chi connectivity index (χ2n) is 7.19. The third-order valence-electron chi connectivity index (χ3n) is 4.34. The van der Waals surface area contributed by atoms with Crippen molar-refractivity contribution in [3.05, 3.63) is 60.8 Å². The fourth-order valence-electron chi connectivity index (χ4n) is 2.85. The molecule has 0 rings (SSSR count). The van der Waals surface area contributed by atoms with E-state index < -0.39 is 5.60 Å². The van der Waals surface area contributed by atoms with Crippen LogP contribution in [0, 0.1) is 0 Å². The summed E-state index contributed by atoms with van der Waals surface area (Å²) in [5.74, 6) is -0.133. The smallest absolute Gasteiger partial charge is 0.243 e. The van der Waals surface area contributed by atoms with E-state index in [0.717, 1.165) is 32.1 Å². The van der Waals surface area contributed by atoms with Gasteiger partial charge in [0.1, 0.15) is 0 Å². The predicted molar refractivity (Wildman–Crippen MR) is 122 cm³/mol. The number of unbranched alkanes of at least 4 members (excludes halogenated alkanes) is 3. The SMILES string of the molecule is CCCCC=CC=CC=CC=CCCC=CC(=O)NCC(O)(CCC)CCC. The van der Waals surface area contributed by atoms with E-state index in [0.29, 0.717) is 19.4 Å². The molecule has 0 aromatic carbocycles. The van der Waals surface area contributed by atoms with Crippen LogP contribution >= 0.6 is 0 Å². The van der Waals surface area contributed by atoms with Crippen LogP contribution in [0.15, 0.2) is 60.8 Å². The molecule has 0 aliphatic rings. The molecule has 0 spiro atoms. The van der Waals surface area contributed by atoms with Crippen molar-refractivity contribution in [3.8, 4) is 0 Å². The van der Waals surface area contributed by atoms with Crippen LogP contribution in [0.1, 0.15) is 78.6 Å². The Labute approximate surface area is 173 Å². The molecule has 0 bridgehead atoms. The number of nitrogens with one attached hydrogen (secondary N) is 1. The van der Waals surface area contributed by atoms with Crippen LogP contribution in [0.2, 0.25) is 0 Å². The molecule has 158 valence electrons. The normalized spacial score (nSPS) is 13.1. The molecule has 0 aromatic rings. The average Bonchev–Trinajstić information content (AvgIpc) is 2.67. The molecular formula is C25H41NO2. The van der Waals surface area contributed by atoms with Crippen molar-refractivity contribution in [2.45, 2.75) is 84.2 Å². The van der Waals surface area contributed by atoms with Crippen molar-refractivity contribution in [2.75, 3.05) is 6.54 Å². The van der Waals surface area contributed by atoms with Gasteiger partial charge in [-0.15, -0.1) is 0 Å². The molecule has 0 fully saturated rings. The van der Waals surface area contributed by atoms with Crippen molar-refractivity contribution in [3.63, 3.8) is 0 Å². The highest BCUT2D eigenvalue weighted by Gasteiger charge is 2.24. The Morgan fingerprint density at radius 3 is 1.89 bits per heavy atom. The standard InChI is InChI=1S/C25H41NO2/c1-4-7-8-9-10-11-12-13-14-15-16-17-18-19-20-24(27)26-23-25(28,21-5-2)22-6-3/h9-16,19-20,28H,4-8,17-18,21-23H2,1-3H3,(H,26,27). The molecule has 3 nitrogen and oxygen atoms in total. The summed E-state index contributed by atoms with van der Waals surface area (Å²) >= 11 is 0. The summed E-state index contributed by atoms with van der Waals surface area (Å²) in [7, 11) is 0. The zero-order valence-corrected chi connectivity index (χ0v) is 18.2. The Morgan fingerprint density at radius 1 is 0.786 bits per heavy atom. The Balaban J connectivity index is 3.94. The van der Waals surface area contributed by atoms with Crippen LogP contribution in [-0.4, -0.2) is 23.2 Å². The van der Waals surface area contributed by atoms with Crippen molar-refractivity contribution in [2.24, 2.45) is 0 Å². The Hall–Kier alpha value is -1.87. The second kappa shape index (κ2) is 18.5. The van der Waals surface area contributed by atoms with Crippen molar-refractivity contribution in [1.82, 2.24) is 5.32 Å². The molecule has 2 N–H and O–H groups in total. The Morgan fingerprint density at radius 2 is 1.32 bits per heavy atom. The van der Waals surface area contributed by atoms with Gasteiger partial charge in [0.15, 0.2) is 0 Å². The third kappa shape index (κ3) is 16.3. The number of hydrogen-bond donors (Lipinski definition) is 2. The lowest BCUT2D eigenvalue weighted by atomic mass is 9.92. The van der Waals surface area contributed by atoms with Gasteiger partial charge in [-0.2, -0.15) is 0 Å². The molecule has 0 heterocycles. The molecule has 3 heteroatoms. The van der Waals surface area contributed by atoms with Gasteiger partial charge in [0.05, 0.1) is 5.60 Å². The van der Waals surface area contributed by atoms with Gasteiger partial charge in [-0.25, -0.2) is 0 Å². The fraction of sp³-hybridized carbons (Fsp3) is 0.560. The summed E-state index contributed by atoms with van der Waals surface area (Å²) in [6.07, 6.45) is 28.5. The maximum Gasteiger partial charge on any atom is 0.243 e. The van der Waals surface area contributed by atoms with Crippen molar-refractivity contribution in [1.29, 1.82) is 0 Å². The fourth-order valence-corrected chi connectivity index (χ4v) is 2.85. The molecule has 0 aliphatic carbocycles. The molecule has 0 aliphatic heterocycles. The zero-order valence-electron chi connectivity index (χ0n) is 18.2. The number of aliphatic hydroxyl groups is 1. The van der Waals surface area contributed by atoms with Crippen LogP contribution in [-0.2, 0) is 4.79 Å². The predicted octanol–water partition coefficient (Wildman–Crippen LogP) is 6.19. The van der Waals surface area contributed by atoms with Gasteiger partial charge < -0.3 is 10.4 Å². The largest absolute Gasteiger partial charge is 0.388 e. The summed E-state index contributed by atoms with van der Waals surface area (Å²) in [5.41, 5.74) is -0.776. The molecule has 0 saturated heterocycles.